The molecule has 2 rings (SSSR count). The van der Waals surface area contributed by atoms with Crippen molar-refractivity contribution in [3.05, 3.63) is 52.5 Å². The normalized spacial score (nSPS) is 14.3. The lowest BCUT2D eigenvalue weighted by atomic mass is 9.75. The highest BCUT2D eigenvalue weighted by Crippen LogP contribution is 2.32. The predicted molar refractivity (Wildman–Crippen MR) is 78.2 cm³/mol. The van der Waals surface area contributed by atoms with Gasteiger partial charge in [-0.1, -0.05) is 37.3 Å². The third-order valence-electron chi connectivity index (χ3n) is 3.57. The SMILES string of the molecule is CCC(CNC)(Cc1cncs1)c1ccccc1. The molecule has 0 saturated heterocycles. The van der Waals surface area contributed by atoms with E-state index in [4.69, 9.17) is 0 Å². The Bertz CT molecular complexity index is 453. The highest BCUT2D eigenvalue weighted by molar-refractivity contribution is 7.09. The van der Waals surface area contributed by atoms with Crippen LogP contribution >= 0.6 is 11.3 Å². The van der Waals surface area contributed by atoms with Gasteiger partial charge >= 0.3 is 0 Å². The molecule has 1 aromatic carbocycles. The molecule has 0 bridgehead atoms. The maximum Gasteiger partial charge on any atom is 0.0794 e. The molecule has 0 saturated carbocycles. The minimum absolute atomic E-state index is 0.169. The Morgan fingerprint density at radius 3 is 2.61 bits per heavy atom. The molecule has 0 aliphatic rings. The number of aromatic nitrogens is 1. The van der Waals surface area contributed by atoms with Gasteiger partial charge in [-0.3, -0.25) is 4.98 Å². The van der Waals surface area contributed by atoms with Crippen molar-refractivity contribution >= 4 is 11.3 Å². The first-order chi connectivity index (χ1) is 8.80. The lowest BCUT2D eigenvalue weighted by Gasteiger charge is -2.33. The molecule has 0 aliphatic carbocycles. The Morgan fingerprint density at radius 2 is 2.06 bits per heavy atom. The van der Waals surface area contributed by atoms with Gasteiger partial charge in [-0.05, 0) is 25.5 Å². The van der Waals surface area contributed by atoms with E-state index in [2.05, 4.69) is 47.6 Å². The second-order valence-corrected chi connectivity index (χ2v) is 5.65. The number of hydrogen-bond donors (Lipinski definition) is 1. The largest absolute Gasteiger partial charge is 0.319 e. The zero-order chi connectivity index (χ0) is 12.8. The van der Waals surface area contributed by atoms with E-state index >= 15 is 0 Å². The summed E-state index contributed by atoms with van der Waals surface area (Å²) in [7, 11) is 2.03. The fraction of sp³-hybridized carbons (Fsp3) is 0.400. The minimum atomic E-state index is 0.169. The molecule has 0 radical (unpaired) electrons. The second-order valence-electron chi connectivity index (χ2n) is 4.67. The van der Waals surface area contributed by atoms with E-state index < -0.39 is 0 Å². The standard InChI is InChI=1S/C15H20N2S/c1-3-15(11-16-2,9-14-10-17-12-18-14)13-7-5-4-6-8-13/h4-8,10,12,16H,3,9,11H2,1-2H3. The van der Waals surface area contributed by atoms with Gasteiger partial charge < -0.3 is 5.32 Å². The number of likely N-dealkylation sites (N-methyl/N-ethyl adjacent to an activating group) is 1. The van der Waals surface area contributed by atoms with Crippen molar-refractivity contribution in [2.24, 2.45) is 0 Å². The molecule has 18 heavy (non-hydrogen) atoms. The molecule has 0 fully saturated rings. The maximum absolute atomic E-state index is 4.19. The molecular formula is C15H20N2S. The van der Waals surface area contributed by atoms with E-state index in [0.717, 1.165) is 19.4 Å². The Hall–Kier alpha value is -1.19. The topological polar surface area (TPSA) is 24.9 Å². The van der Waals surface area contributed by atoms with Crippen molar-refractivity contribution in [2.75, 3.05) is 13.6 Å². The van der Waals surface area contributed by atoms with E-state index in [1.54, 1.807) is 11.3 Å². The molecular weight excluding hydrogens is 240 g/mol. The summed E-state index contributed by atoms with van der Waals surface area (Å²) in [5.41, 5.74) is 3.50. The summed E-state index contributed by atoms with van der Waals surface area (Å²) in [4.78, 5) is 5.55. The molecule has 1 N–H and O–H groups in total. The molecule has 1 aromatic heterocycles. The summed E-state index contributed by atoms with van der Waals surface area (Å²) in [5.74, 6) is 0. The molecule has 1 heterocycles. The van der Waals surface area contributed by atoms with Crippen LogP contribution in [0.5, 0.6) is 0 Å². The van der Waals surface area contributed by atoms with Crippen LogP contribution in [0.25, 0.3) is 0 Å². The molecule has 0 aliphatic heterocycles. The third kappa shape index (κ3) is 2.79. The average molecular weight is 260 g/mol. The van der Waals surface area contributed by atoms with Crippen molar-refractivity contribution in [3.8, 4) is 0 Å². The van der Waals surface area contributed by atoms with E-state index in [0.29, 0.717) is 0 Å². The summed E-state index contributed by atoms with van der Waals surface area (Å²) in [6.07, 6.45) is 4.17. The number of hydrogen-bond acceptors (Lipinski definition) is 3. The number of thiazole rings is 1. The quantitative estimate of drug-likeness (QED) is 0.862. The third-order valence-corrected chi connectivity index (χ3v) is 4.35. The number of nitrogens with one attached hydrogen (secondary N) is 1. The lowest BCUT2D eigenvalue weighted by molar-refractivity contribution is 0.393. The van der Waals surface area contributed by atoms with Gasteiger partial charge in [0.15, 0.2) is 0 Å². The van der Waals surface area contributed by atoms with Crippen LogP contribution in [-0.2, 0) is 11.8 Å². The van der Waals surface area contributed by atoms with Crippen LogP contribution in [0.1, 0.15) is 23.8 Å². The van der Waals surface area contributed by atoms with E-state index in [9.17, 15) is 0 Å². The monoisotopic (exact) mass is 260 g/mol. The first-order valence-electron chi connectivity index (χ1n) is 6.38. The molecule has 3 heteroatoms. The Labute approximate surface area is 113 Å². The Morgan fingerprint density at radius 1 is 1.28 bits per heavy atom. The fourth-order valence-electron chi connectivity index (χ4n) is 2.51. The summed E-state index contributed by atoms with van der Waals surface area (Å²) < 4.78 is 0. The van der Waals surface area contributed by atoms with Gasteiger partial charge in [0, 0.05) is 23.0 Å². The summed E-state index contributed by atoms with van der Waals surface area (Å²) in [5, 5.41) is 3.35. The number of benzene rings is 1. The van der Waals surface area contributed by atoms with E-state index in [1.807, 2.05) is 18.8 Å². The molecule has 1 unspecified atom stereocenters. The average Bonchev–Trinajstić information content (AvgIpc) is 2.92. The zero-order valence-corrected chi connectivity index (χ0v) is 11.8. The van der Waals surface area contributed by atoms with Gasteiger partial charge in [-0.15, -0.1) is 11.3 Å². The number of rotatable bonds is 6. The molecule has 1 atom stereocenters. The summed E-state index contributed by atoms with van der Waals surface area (Å²) >= 11 is 1.75. The maximum atomic E-state index is 4.19. The summed E-state index contributed by atoms with van der Waals surface area (Å²) in [6.45, 7) is 3.26. The van der Waals surface area contributed by atoms with Gasteiger partial charge in [-0.2, -0.15) is 0 Å². The molecule has 2 aromatic rings. The van der Waals surface area contributed by atoms with Crippen LogP contribution in [0, 0.1) is 0 Å². The molecule has 96 valence electrons. The molecule has 2 nitrogen and oxygen atoms in total. The van der Waals surface area contributed by atoms with Gasteiger partial charge in [0.2, 0.25) is 0 Å². The minimum Gasteiger partial charge on any atom is -0.319 e. The fourth-order valence-corrected chi connectivity index (χ4v) is 3.25. The van der Waals surface area contributed by atoms with E-state index in [-0.39, 0.29) is 5.41 Å². The Balaban J connectivity index is 2.33. The first-order valence-corrected chi connectivity index (χ1v) is 7.26. The second kappa shape index (κ2) is 6.12. The van der Waals surface area contributed by atoms with Gasteiger partial charge in [0.25, 0.3) is 0 Å². The van der Waals surface area contributed by atoms with Crippen LogP contribution in [0.3, 0.4) is 0 Å². The van der Waals surface area contributed by atoms with Crippen molar-refractivity contribution in [2.45, 2.75) is 25.2 Å². The summed E-state index contributed by atoms with van der Waals surface area (Å²) in [6, 6.07) is 10.8. The van der Waals surface area contributed by atoms with Crippen LogP contribution in [0.2, 0.25) is 0 Å². The van der Waals surface area contributed by atoms with Gasteiger partial charge in [0.1, 0.15) is 0 Å². The molecule has 0 amide bonds. The smallest absolute Gasteiger partial charge is 0.0794 e. The predicted octanol–water partition coefficient (Wildman–Crippen LogP) is 3.25. The van der Waals surface area contributed by atoms with Crippen molar-refractivity contribution in [1.82, 2.24) is 10.3 Å². The highest BCUT2D eigenvalue weighted by Gasteiger charge is 2.30. The van der Waals surface area contributed by atoms with Crippen LogP contribution in [0.4, 0.5) is 0 Å². The Kier molecular flexibility index (Phi) is 4.50. The van der Waals surface area contributed by atoms with Crippen molar-refractivity contribution in [3.63, 3.8) is 0 Å². The molecule has 0 spiro atoms. The van der Waals surface area contributed by atoms with E-state index in [1.165, 1.54) is 10.4 Å². The van der Waals surface area contributed by atoms with Crippen molar-refractivity contribution < 1.29 is 0 Å². The van der Waals surface area contributed by atoms with Crippen molar-refractivity contribution in [1.29, 1.82) is 0 Å². The first kappa shape index (κ1) is 13.2. The zero-order valence-electron chi connectivity index (χ0n) is 11.0. The highest BCUT2D eigenvalue weighted by atomic mass is 32.1. The van der Waals surface area contributed by atoms with Gasteiger partial charge in [-0.25, -0.2) is 0 Å². The lowest BCUT2D eigenvalue weighted by Crippen LogP contribution is -2.38. The van der Waals surface area contributed by atoms with Crippen LogP contribution < -0.4 is 5.32 Å². The van der Waals surface area contributed by atoms with Crippen LogP contribution in [0.15, 0.2) is 42.0 Å². The number of nitrogens with zero attached hydrogens (tertiary/aromatic N) is 1. The van der Waals surface area contributed by atoms with Gasteiger partial charge in [0.05, 0.1) is 5.51 Å². The van der Waals surface area contributed by atoms with Crippen LogP contribution in [-0.4, -0.2) is 18.6 Å².